The Balaban J connectivity index is 1.91. The Labute approximate surface area is 113 Å². The highest BCUT2D eigenvalue weighted by molar-refractivity contribution is 5.45. The number of benzene rings is 1. The summed E-state index contributed by atoms with van der Waals surface area (Å²) in [6.45, 7) is 4.76. The molecular formula is C14H21NO4. The molecule has 0 radical (unpaired) electrons. The zero-order chi connectivity index (χ0) is 13.8. The molecule has 0 fully saturated rings. The van der Waals surface area contributed by atoms with Crippen LogP contribution in [0.25, 0.3) is 0 Å². The molecule has 0 aliphatic carbocycles. The number of hydrogen-bond acceptors (Lipinski definition) is 5. The van der Waals surface area contributed by atoms with E-state index in [1.54, 1.807) is 12.1 Å². The lowest BCUT2D eigenvalue weighted by molar-refractivity contribution is 0.154. The minimum absolute atomic E-state index is 0.133. The summed E-state index contributed by atoms with van der Waals surface area (Å²) in [6.07, 6.45) is -0.608. The molecule has 5 heteroatoms. The van der Waals surface area contributed by atoms with E-state index in [1.165, 1.54) is 0 Å². The topological polar surface area (TPSA) is 71.0 Å². The van der Waals surface area contributed by atoms with Crippen molar-refractivity contribution in [2.45, 2.75) is 26.0 Å². The quantitative estimate of drug-likeness (QED) is 0.719. The summed E-state index contributed by atoms with van der Waals surface area (Å²) in [5.41, 5.74) is 0.792. The van der Waals surface area contributed by atoms with Crippen molar-refractivity contribution in [1.29, 1.82) is 0 Å². The lowest BCUT2D eigenvalue weighted by Gasteiger charge is -2.21. The lowest BCUT2D eigenvalue weighted by atomic mass is 10.0. The molecule has 0 spiro atoms. The molecule has 3 atom stereocenters. The maximum atomic E-state index is 10.1. The van der Waals surface area contributed by atoms with E-state index >= 15 is 0 Å². The molecule has 19 heavy (non-hydrogen) atoms. The van der Waals surface area contributed by atoms with Gasteiger partial charge in [0.2, 0.25) is 6.79 Å². The second-order valence-electron chi connectivity index (χ2n) is 4.99. The molecule has 0 aromatic heterocycles. The van der Waals surface area contributed by atoms with Gasteiger partial charge in [0.25, 0.3) is 0 Å². The standard InChI is InChI=1S/C14H21NO4/c1-9(7-16)10(2)15-6-12(17)11-3-4-13-14(5-11)19-8-18-13/h3-5,9-10,12,15-17H,6-8H2,1-2H3. The number of hydrogen-bond donors (Lipinski definition) is 3. The first kappa shape index (κ1) is 14.1. The van der Waals surface area contributed by atoms with E-state index < -0.39 is 6.10 Å². The van der Waals surface area contributed by atoms with Crippen LogP contribution in [0.4, 0.5) is 0 Å². The highest BCUT2D eigenvalue weighted by Crippen LogP contribution is 2.34. The van der Waals surface area contributed by atoms with E-state index in [0.717, 1.165) is 5.56 Å². The SMILES string of the molecule is CC(CO)C(C)NCC(O)c1ccc2c(c1)OCO2. The molecule has 1 heterocycles. The largest absolute Gasteiger partial charge is 0.454 e. The van der Waals surface area contributed by atoms with Crippen LogP contribution in [0, 0.1) is 5.92 Å². The Bertz CT molecular complexity index is 424. The van der Waals surface area contributed by atoms with Gasteiger partial charge in [0.1, 0.15) is 0 Å². The van der Waals surface area contributed by atoms with E-state index in [2.05, 4.69) is 5.32 Å². The summed E-state index contributed by atoms with van der Waals surface area (Å²) in [4.78, 5) is 0. The van der Waals surface area contributed by atoms with E-state index in [9.17, 15) is 5.11 Å². The summed E-state index contributed by atoms with van der Waals surface area (Å²) < 4.78 is 10.5. The molecule has 1 aliphatic heterocycles. The van der Waals surface area contributed by atoms with E-state index in [-0.39, 0.29) is 25.4 Å². The summed E-state index contributed by atoms with van der Waals surface area (Å²) >= 11 is 0. The molecule has 1 aromatic rings. The molecule has 2 rings (SSSR count). The highest BCUT2D eigenvalue weighted by atomic mass is 16.7. The minimum Gasteiger partial charge on any atom is -0.454 e. The normalized spacial score (nSPS) is 18.1. The molecule has 1 aliphatic rings. The molecule has 1 aromatic carbocycles. The van der Waals surface area contributed by atoms with Crippen molar-refractivity contribution >= 4 is 0 Å². The summed E-state index contributed by atoms with van der Waals surface area (Å²) in [7, 11) is 0. The summed E-state index contributed by atoms with van der Waals surface area (Å²) in [5, 5.41) is 22.4. The molecule has 0 saturated heterocycles. The third-order valence-electron chi connectivity index (χ3n) is 3.56. The number of fused-ring (bicyclic) bond motifs is 1. The number of nitrogens with one attached hydrogen (secondary N) is 1. The Morgan fingerprint density at radius 2 is 2.00 bits per heavy atom. The molecule has 0 saturated carbocycles. The van der Waals surface area contributed by atoms with Crippen LogP contribution in [0.3, 0.4) is 0 Å². The smallest absolute Gasteiger partial charge is 0.231 e. The van der Waals surface area contributed by atoms with Crippen molar-refractivity contribution in [1.82, 2.24) is 5.32 Å². The van der Waals surface area contributed by atoms with Crippen LogP contribution in [-0.2, 0) is 0 Å². The van der Waals surface area contributed by atoms with Crippen LogP contribution >= 0.6 is 0 Å². The Morgan fingerprint density at radius 3 is 2.74 bits per heavy atom. The van der Waals surface area contributed by atoms with Crippen LogP contribution in [-0.4, -0.2) is 36.2 Å². The van der Waals surface area contributed by atoms with Gasteiger partial charge in [-0.2, -0.15) is 0 Å². The first-order valence-corrected chi connectivity index (χ1v) is 6.53. The van der Waals surface area contributed by atoms with Gasteiger partial charge in [-0.3, -0.25) is 0 Å². The number of aliphatic hydroxyl groups excluding tert-OH is 2. The average Bonchev–Trinajstić information content (AvgIpc) is 2.90. The first-order valence-electron chi connectivity index (χ1n) is 6.53. The summed E-state index contributed by atoms with van der Waals surface area (Å²) in [5.74, 6) is 1.54. The molecule has 3 unspecified atom stereocenters. The van der Waals surface area contributed by atoms with Gasteiger partial charge in [0, 0.05) is 19.2 Å². The predicted octanol–water partition coefficient (Wildman–Crippen LogP) is 1.06. The van der Waals surface area contributed by atoms with E-state index in [0.29, 0.717) is 18.0 Å². The minimum atomic E-state index is -0.608. The Kier molecular flexibility index (Phi) is 4.63. The predicted molar refractivity (Wildman–Crippen MR) is 71.2 cm³/mol. The third kappa shape index (κ3) is 3.37. The van der Waals surface area contributed by atoms with Gasteiger partial charge in [0.05, 0.1) is 6.10 Å². The van der Waals surface area contributed by atoms with Crippen LogP contribution < -0.4 is 14.8 Å². The van der Waals surface area contributed by atoms with Gasteiger partial charge < -0.3 is 25.0 Å². The third-order valence-corrected chi connectivity index (χ3v) is 3.56. The molecule has 3 N–H and O–H groups in total. The van der Waals surface area contributed by atoms with Gasteiger partial charge >= 0.3 is 0 Å². The molecule has 106 valence electrons. The number of rotatable bonds is 6. The zero-order valence-corrected chi connectivity index (χ0v) is 11.3. The first-order chi connectivity index (χ1) is 9.11. The Hall–Kier alpha value is -1.30. The van der Waals surface area contributed by atoms with Crippen molar-refractivity contribution in [3.05, 3.63) is 23.8 Å². The van der Waals surface area contributed by atoms with Crippen molar-refractivity contribution in [2.24, 2.45) is 5.92 Å². The highest BCUT2D eigenvalue weighted by Gasteiger charge is 2.18. The number of aliphatic hydroxyl groups is 2. The fraction of sp³-hybridized carbons (Fsp3) is 0.571. The number of ether oxygens (including phenoxy) is 2. The van der Waals surface area contributed by atoms with Crippen LogP contribution in [0.1, 0.15) is 25.5 Å². The second kappa shape index (κ2) is 6.23. The van der Waals surface area contributed by atoms with Gasteiger partial charge in [-0.05, 0) is 30.5 Å². The van der Waals surface area contributed by atoms with E-state index in [4.69, 9.17) is 14.6 Å². The van der Waals surface area contributed by atoms with E-state index in [1.807, 2.05) is 19.9 Å². The van der Waals surface area contributed by atoms with Crippen molar-refractivity contribution in [3.63, 3.8) is 0 Å². The monoisotopic (exact) mass is 267 g/mol. The van der Waals surface area contributed by atoms with Gasteiger partial charge in [0.15, 0.2) is 11.5 Å². The molecule has 0 bridgehead atoms. The van der Waals surface area contributed by atoms with Crippen molar-refractivity contribution in [2.75, 3.05) is 19.9 Å². The maximum absolute atomic E-state index is 10.1. The lowest BCUT2D eigenvalue weighted by Crippen LogP contribution is -2.36. The zero-order valence-electron chi connectivity index (χ0n) is 11.3. The second-order valence-corrected chi connectivity index (χ2v) is 4.99. The molecule has 5 nitrogen and oxygen atoms in total. The summed E-state index contributed by atoms with van der Waals surface area (Å²) in [6, 6.07) is 5.59. The fourth-order valence-corrected chi connectivity index (χ4v) is 1.90. The van der Waals surface area contributed by atoms with Crippen LogP contribution in [0.2, 0.25) is 0 Å². The van der Waals surface area contributed by atoms with Crippen molar-refractivity contribution < 1.29 is 19.7 Å². The van der Waals surface area contributed by atoms with Crippen LogP contribution in [0.15, 0.2) is 18.2 Å². The average molecular weight is 267 g/mol. The van der Waals surface area contributed by atoms with Crippen LogP contribution in [0.5, 0.6) is 11.5 Å². The Morgan fingerprint density at radius 1 is 1.26 bits per heavy atom. The molecule has 0 amide bonds. The van der Waals surface area contributed by atoms with Crippen molar-refractivity contribution in [3.8, 4) is 11.5 Å². The molecular weight excluding hydrogens is 246 g/mol. The van der Waals surface area contributed by atoms with Gasteiger partial charge in [-0.25, -0.2) is 0 Å². The van der Waals surface area contributed by atoms with Gasteiger partial charge in [-0.15, -0.1) is 0 Å². The maximum Gasteiger partial charge on any atom is 0.231 e. The fourth-order valence-electron chi connectivity index (χ4n) is 1.90. The van der Waals surface area contributed by atoms with Gasteiger partial charge in [-0.1, -0.05) is 13.0 Å².